The van der Waals surface area contributed by atoms with Crippen molar-refractivity contribution >= 4 is 5.91 Å². The zero-order valence-corrected chi connectivity index (χ0v) is 13.5. The zero-order valence-electron chi connectivity index (χ0n) is 13.5. The molecule has 0 unspecified atom stereocenters. The van der Waals surface area contributed by atoms with Crippen LogP contribution in [0.25, 0.3) is 0 Å². The van der Waals surface area contributed by atoms with Crippen LogP contribution in [-0.4, -0.2) is 45.0 Å². The molecule has 0 bridgehead atoms. The van der Waals surface area contributed by atoms with E-state index < -0.39 is 5.82 Å². The molecule has 1 aliphatic rings. The van der Waals surface area contributed by atoms with Crippen LogP contribution in [0.15, 0.2) is 30.9 Å². The molecule has 0 spiro atoms. The third-order valence-electron chi connectivity index (χ3n) is 4.04. The Morgan fingerprint density at radius 3 is 2.58 bits per heavy atom. The number of hydrogen-bond acceptors (Lipinski definition) is 5. The van der Waals surface area contributed by atoms with E-state index in [0.29, 0.717) is 31.9 Å². The number of aryl methyl sites for hydroxylation is 1. The lowest BCUT2D eigenvalue weighted by atomic mass is 10.1. The minimum absolute atomic E-state index is 0.0211. The highest BCUT2D eigenvalue weighted by molar-refractivity contribution is 5.93. The first kappa shape index (κ1) is 16.3. The standard InChI is InChI=1S/C17H19FN4O2/c1-2-12-8-20-17(21-9-12)24-15-3-5-22(6-4-15)16(23)13-7-14(18)11-19-10-13/h7-11,15H,2-6H2,1H3. The molecule has 7 heteroatoms. The van der Waals surface area contributed by atoms with E-state index in [4.69, 9.17) is 4.74 Å². The van der Waals surface area contributed by atoms with Crippen molar-refractivity contribution < 1.29 is 13.9 Å². The van der Waals surface area contributed by atoms with Crippen molar-refractivity contribution in [3.63, 3.8) is 0 Å². The number of rotatable bonds is 4. The average molecular weight is 330 g/mol. The van der Waals surface area contributed by atoms with Gasteiger partial charge in [-0.05, 0) is 18.1 Å². The predicted octanol–water partition coefficient (Wildman–Crippen LogP) is 2.26. The smallest absolute Gasteiger partial charge is 0.316 e. The second kappa shape index (κ2) is 7.33. The minimum atomic E-state index is -0.508. The Balaban J connectivity index is 1.54. The van der Waals surface area contributed by atoms with Gasteiger partial charge < -0.3 is 9.64 Å². The number of carbonyl (C=O) groups is 1. The second-order valence-corrected chi connectivity index (χ2v) is 5.73. The third-order valence-corrected chi connectivity index (χ3v) is 4.04. The largest absolute Gasteiger partial charge is 0.460 e. The summed E-state index contributed by atoms with van der Waals surface area (Å²) in [5, 5.41) is 0. The molecule has 0 saturated carbocycles. The van der Waals surface area contributed by atoms with Gasteiger partial charge in [0.05, 0.1) is 11.8 Å². The summed E-state index contributed by atoms with van der Waals surface area (Å²) >= 11 is 0. The highest BCUT2D eigenvalue weighted by Crippen LogP contribution is 2.18. The zero-order chi connectivity index (χ0) is 16.9. The van der Waals surface area contributed by atoms with Crippen molar-refractivity contribution in [1.82, 2.24) is 19.9 Å². The molecule has 126 valence electrons. The number of ether oxygens (including phenoxy) is 1. The first-order chi connectivity index (χ1) is 11.7. The molecular formula is C17H19FN4O2. The Morgan fingerprint density at radius 2 is 1.96 bits per heavy atom. The molecule has 0 atom stereocenters. The third kappa shape index (κ3) is 3.84. The average Bonchev–Trinajstić information content (AvgIpc) is 2.62. The highest BCUT2D eigenvalue weighted by Gasteiger charge is 2.25. The SMILES string of the molecule is CCc1cnc(OC2CCN(C(=O)c3cncc(F)c3)CC2)nc1. The van der Waals surface area contributed by atoms with E-state index in [0.717, 1.165) is 18.2 Å². The first-order valence-electron chi connectivity index (χ1n) is 8.03. The molecule has 1 fully saturated rings. The molecule has 0 radical (unpaired) electrons. The fourth-order valence-electron chi connectivity index (χ4n) is 2.62. The Labute approximate surface area is 139 Å². The summed E-state index contributed by atoms with van der Waals surface area (Å²) in [4.78, 5) is 26.1. The molecular weight excluding hydrogens is 311 g/mol. The van der Waals surface area contributed by atoms with Crippen LogP contribution in [0.2, 0.25) is 0 Å². The van der Waals surface area contributed by atoms with E-state index in [9.17, 15) is 9.18 Å². The summed E-state index contributed by atoms with van der Waals surface area (Å²) in [5.41, 5.74) is 1.33. The van der Waals surface area contributed by atoms with Crippen molar-refractivity contribution in [2.45, 2.75) is 32.3 Å². The number of halogens is 1. The van der Waals surface area contributed by atoms with E-state index in [1.54, 1.807) is 17.3 Å². The van der Waals surface area contributed by atoms with Crippen LogP contribution in [-0.2, 0) is 6.42 Å². The summed E-state index contributed by atoms with van der Waals surface area (Å²) in [5.74, 6) is -0.712. The molecule has 2 aromatic heterocycles. The van der Waals surface area contributed by atoms with Crippen molar-refractivity contribution in [3.8, 4) is 6.01 Å². The van der Waals surface area contributed by atoms with Crippen LogP contribution in [0, 0.1) is 5.82 Å². The van der Waals surface area contributed by atoms with E-state index in [2.05, 4.69) is 15.0 Å². The number of amides is 1. The Morgan fingerprint density at radius 1 is 1.25 bits per heavy atom. The molecule has 24 heavy (non-hydrogen) atoms. The van der Waals surface area contributed by atoms with Gasteiger partial charge in [0.1, 0.15) is 11.9 Å². The second-order valence-electron chi connectivity index (χ2n) is 5.73. The molecule has 1 amide bonds. The minimum Gasteiger partial charge on any atom is -0.460 e. The maximum Gasteiger partial charge on any atom is 0.316 e. The number of hydrogen-bond donors (Lipinski definition) is 0. The van der Waals surface area contributed by atoms with Gasteiger partial charge in [-0.1, -0.05) is 6.92 Å². The molecule has 2 aromatic rings. The van der Waals surface area contributed by atoms with Gasteiger partial charge >= 0.3 is 6.01 Å². The number of carbonyl (C=O) groups excluding carboxylic acids is 1. The van der Waals surface area contributed by atoms with E-state index in [1.165, 1.54) is 12.3 Å². The normalized spacial score (nSPS) is 15.3. The van der Waals surface area contributed by atoms with Gasteiger partial charge in [-0.2, -0.15) is 0 Å². The lowest BCUT2D eigenvalue weighted by molar-refractivity contribution is 0.0577. The molecule has 6 nitrogen and oxygen atoms in total. The fourth-order valence-corrected chi connectivity index (χ4v) is 2.62. The summed E-state index contributed by atoms with van der Waals surface area (Å²) in [6.45, 7) is 3.14. The van der Waals surface area contributed by atoms with E-state index in [-0.39, 0.29) is 17.6 Å². The van der Waals surface area contributed by atoms with Gasteiger partial charge in [-0.15, -0.1) is 0 Å². The van der Waals surface area contributed by atoms with Crippen LogP contribution in [0.3, 0.4) is 0 Å². The maximum atomic E-state index is 13.2. The Hall–Kier alpha value is -2.57. The van der Waals surface area contributed by atoms with Crippen molar-refractivity contribution in [2.24, 2.45) is 0 Å². The van der Waals surface area contributed by atoms with Crippen molar-refractivity contribution in [3.05, 3.63) is 47.8 Å². The Kier molecular flexibility index (Phi) is 4.98. The molecule has 0 N–H and O–H groups in total. The number of likely N-dealkylation sites (tertiary alicyclic amines) is 1. The molecule has 0 aliphatic carbocycles. The molecule has 0 aromatic carbocycles. The molecule has 3 heterocycles. The van der Waals surface area contributed by atoms with Crippen molar-refractivity contribution in [1.29, 1.82) is 0 Å². The molecule has 1 saturated heterocycles. The lowest BCUT2D eigenvalue weighted by Gasteiger charge is -2.31. The first-order valence-corrected chi connectivity index (χ1v) is 8.03. The van der Waals surface area contributed by atoms with Crippen molar-refractivity contribution in [2.75, 3.05) is 13.1 Å². The van der Waals surface area contributed by atoms with Crippen LogP contribution in [0.5, 0.6) is 6.01 Å². The van der Waals surface area contributed by atoms with Crippen LogP contribution < -0.4 is 4.74 Å². The highest BCUT2D eigenvalue weighted by atomic mass is 19.1. The quantitative estimate of drug-likeness (QED) is 0.860. The number of pyridine rings is 1. The van der Waals surface area contributed by atoms with E-state index >= 15 is 0 Å². The van der Waals surface area contributed by atoms with Gasteiger partial charge in [0.2, 0.25) is 0 Å². The van der Waals surface area contributed by atoms with Crippen LogP contribution >= 0.6 is 0 Å². The number of nitrogens with zero attached hydrogens (tertiary/aromatic N) is 4. The molecule has 1 aliphatic heterocycles. The predicted molar refractivity (Wildman–Crippen MR) is 85.2 cm³/mol. The van der Waals surface area contributed by atoms with E-state index in [1.807, 2.05) is 6.92 Å². The number of aromatic nitrogens is 3. The fraction of sp³-hybridized carbons (Fsp3) is 0.412. The Bertz CT molecular complexity index is 700. The van der Waals surface area contributed by atoms with Gasteiger partial charge in [-0.3, -0.25) is 9.78 Å². The summed E-state index contributed by atoms with van der Waals surface area (Å²) in [7, 11) is 0. The summed E-state index contributed by atoms with van der Waals surface area (Å²) in [6.07, 6.45) is 8.23. The van der Waals surface area contributed by atoms with Crippen LogP contribution in [0.1, 0.15) is 35.7 Å². The lowest BCUT2D eigenvalue weighted by Crippen LogP contribution is -2.42. The summed E-state index contributed by atoms with van der Waals surface area (Å²) in [6, 6.07) is 1.58. The maximum absolute atomic E-state index is 13.2. The van der Waals surface area contributed by atoms with Gasteiger partial charge in [0.15, 0.2) is 0 Å². The summed E-state index contributed by atoms with van der Waals surface area (Å²) < 4.78 is 19.0. The monoisotopic (exact) mass is 330 g/mol. The molecule has 3 rings (SSSR count). The van der Waals surface area contributed by atoms with Gasteiger partial charge in [0, 0.05) is 44.5 Å². The van der Waals surface area contributed by atoms with Crippen LogP contribution in [0.4, 0.5) is 4.39 Å². The number of piperidine rings is 1. The van der Waals surface area contributed by atoms with Gasteiger partial charge in [-0.25, -0.2) is 14.4 Å². The van der Waals surface area contributed by atoms with Gasteiger partial charge in [0.25, 0.3) is 5.91 Å². The topological polar surface area (TPSA) is 68.2 Å².